The normalized spacial score (nSPS) is 12.2. The van der Waals surface area contributed by atoms with Crippen LogP contribution in [0.15, 0.2) is 84.9 Å². The summed E-state index contributed by atoms with van der Waals surface area (Å²) in [5.41, 5.74) is 4.37. The number of carbonyl (C=O) groups excluding carboxylic acids is 1. The van der Waals surface area contributed by atoms with Gasteiger partial charge in [0.1, 0.15) is 6.04 Å². The molecular formula is C27H29ClN2O2. The lowest BCUT2D eigenvalue weighted by atomic mass is 9.99. The first-order valence-corrected chi connectivity index (χ1v) is 11.1. The summed E-state index contributed by atoms with van der Waals surface area (Å²) < 4.78 is 0. The Hall–Kier alpha value is -2.92. The van der Waals surface area contributed by atoms with Crippen molar-refractivity contribution in [1.82, 2.24) is 10.2 Å². The Morgan fingerprint density at radius 1 is 1.03 bits per heavy atom. The highest BCUT2D eigenvalue weighted by Crippen LogP contribution is 2.24. The van der Waals surface area contributed by atoms with Gasteiger partial charge in [-0.2, -0.15) is 0 Å². The van der Waals surface area contributed by atoms with Crippen molar-refractivity contribution in [2.75, 3.05) is 20.2 Å². The molecule has 0 aliphatic heterocycles. The van der Waals surface area contributed by atoms with Gasteiger partial charge in [-0.1, -0.05) is 96.5 Å². The van der Waals surface area contributed by atoms with Crippen molar-refractivity contribution in [2.24, 2.45) is 0 Å². The second-order valence-electron chi connectivity index (χ2n) is 7.63. The van der Waals surface area contributed by atoms with Crippen LogP contribution in [0.1, 0.15) is 17.5 Å². The Morgan fingerprint density at radius 2 is 1.72 bits per heavy atom. The predicted molar refractivity (Wildman–Crippen MR) is 132 cm³/mol. The summed E-state index contributed by atoms with van der Waals surface area (Å²) in [4.78, 5) is 14.5. The van der Waals surface area contributed by atoms with Gasteiger partial charge in [0.25, 0.3) is 0 Å². The zero-order valence-corrected chi connectivity index (χ0v) is 19.0. The molecule has 3 aromatic rings. The molecule has 5 heteroatoms. The van der Waals surface area contributed by atoms with Crippen LogP contribution in [0.3, 0.4) is 0 Å². The number of halogens is 1. The molecule has 0 bridgehead atoms. The molecule has 0 saturated carbocycles. The summed E-state index contributed by atoms with van der Waals surface area (Å²) in [5.74, 6) is -0.215. The molecule has 0 aliphatic carbocycles. The fourth-order valence-electron chi connectivity index (χ4n) is 3.53. The Bertz CT molecular complexity index is 1040. The SMILES string of the molecule is CN(CC/C=C/c1ccccc1-c1ccccc1)C(CO)C(=O)NCc1ccccc1Cl. The Labute approximate surface area is 195 Å². The molecule has 2 N–H and O–H groups in total. The number of nitrogens with zero attached hydrogens (tertiary/aromatic N) is 1. The smallest absolute Gasteiger partial charge is 0.239 e. The van der Waals surface area contributed by atoms with E-state index < -0.39 is 6.04 Å². The second-order valence-corrected chi connectivity index (χ2v) is 8.04. The largest absolute Gasteiger partial charge is 0.394 e. The summed E-state index contributed by atoms with van der Waals surface area (Å²) in [6.07, 6.45) is 4.98. The van der Waals surface area contributed by atoms with Gasteiger partial charge in [0, 0.05) is 18.1 Å². The molecular weight excluding hydrogens is 420 g/mol. The summed E-state index contributed by atoms with van der Waals surface area (Å²) in [5, 5.41) is 13.3. The van der Waals surface area contributed by atoms with E-state index in [4.69, 9.17) is 11.6 Å². The van der Waals surface area contributed by atoms with E-state index in [1.807, 2.05) is 60.5 Å². The number of likely N-dealkylation sites (N-methyl/N-ethyl adjacent to an activating group) is 1. The van der Waals surface area contributed by atoms with Crippen molar-refractivity contribution in [3.05, 3.63) is 101 Å². The van der Waals surface area contributed by atoms with Crippen molar-refractivity contribution in [1.29, 1.82) is 0 Å². The summed E-state index contributed by atoms with van der Waals surface area (Å²) in [7, 11) is 1.85. The van der Waals surface area contributed by atoms with E-state index in [0.717, 1.165) is 17.5 Å². The number of nitrogens with one attached hydrogen (secondary N) is 1. The van der Waals surface area contributed by atoms with Crippen LogP contribution in [0, 0.1) is 0 Å². The minimum Gasteiger partial charge on any atom is -0.394 e. The highest BCUT2D eigenvalue weighted by Gasteiger charge is 2.21. The van der Waals surface area contributed by atoms with Gasteiger partial charge < -0.3 is 10.4 Å². The average Bonchev–Trinajstić information content (AvgIpc) is 2.82. The third-order valence-electron chi connectivity index (χ3n) is 5.41. The molecule has 1 unspecified atom stereocenters. The topological polar surface area (TPSA) is 52.6 Å². The van der Waals surface area contributed by atoms with Gasteiger partial charge in [-0.05, 0) is 41.8 Å². The molecule has 0 heterocycles. The second kappa shape index (κ2) is 12.2. The minimum absolute atomic E-state index is 0.215. The molecule has 3 rings (SSSR count). The molecule has 166 valence electrons. The number of aliphatic hydroxyl groups is 1. The van der Waals surface area contributed by atoms with Crippen LogP contribution >= 0.6 is 11.6 Å². The quantitative estimate of drug-likeness (QED) is 0.458. The van der Waals surface area contributed by atoms with E-state index in [9.17, 15) is 9.90 Å². The van der Waals surface area contributed by atoms with Crippen LogP contribution in [-0.4, -0.2) is 42.2 Å². The van der Waals surface area contributed by atoms with Crippen LogP contribution < -0.4 is 5.32 Å². The van der Waals surface area contributed by atoms with Gasteiger partial charge in [0.05, 0.1) is 6.61 Å². The zero-order valence-electron chi connectivity index (χ0n) is 18.2. The zero-order chi connectivity index (χ0) is 22.8. The highest BCUT2D eigenvalue weighted by atomic mass is 35.5. The third kappa shape index (κ3) is 6.54. The summed E-state index contributed by atoms with van der Waals surface area (Å²) in [6, 6.07) is 25.4. The van der Waals surface area contributed by atoms with Gasteiger partial charge in [-0.25, -0.2) is 0 Å². The Balaban J connectivity index is 1.54. The van der Waals surface area contributed by atoms with Crippen LogP contribution in [-0.2, 0) is 11.3 Å². The number of hydrogen-bond acceptors (Lipinski definition) is 3. The molecule has 1 atom stereocenters. The van der Waals surface area contributed by atoms with Gasteiger partial charge >= 0.3 is 0 Å². The van der Waals surface area contributed by atoms with E-state index in [-0.39, 0.29) is 12.5 Å². The van der Waals surface area contributed by atoms with Crippen LogP contribution in [0.5, 0.6) is 0 Å². The van der Waals surface area contributed by atoms with Gasteiger partial charge in [-0.15, -0.1) is 0 Å². The lowest BCUT2D eigenvalue weighted by molar-refractivity contribution is -0.127. The number of rotatable bonds is 10. The molecule has 0 aliphatic rings. The van der Waals surface area contributed by atoms with Gasteiger partial charge in [0.15, 0.2) is 0 Å². The maximum atomic E-state index is 12.6. The average molecular weight is 449 g/mol. The maximum Gasteiger partial charge on any atom is 0.239 e. The van der Waals surface area contributed by atoms with Crippen molar-refractivity contribution < 1.29 is 9.90 Å². The van der Waals surface area contributed by atoms with Crippen LogP contribution in [0.4, 0.5) is 0 Å². The summed E-state index contributed by atoms with van der Waals surface area (Å²) >= 11 is 6.15. The molecule has 0 aromatic heterocycles. The van der Waals surface area contributed by atoms with Gasteiger partial charge in [-0.3, -0.25) is 9.69 Å². The Kier molecular flexibility index (Phi) is 9.05. The van der Waals surface area contributed by atoms with E-state index in [0.29, 0.717) is 18.1 Å². The number of carbonyl (C=O) groups is 1. The molecule has 4 nitrogen and oxygen atoms in total. The summed E-state index contributed by atoms with van der Waals surface area (Å²) in [6.45, 7) is 0.735. The maximum absolute atomic E-state index is 12.6. The first-order valence-electron chi connectivity index (χ1n) is 10.7. The van der Waals surface area contributed by atoms with Crippen LogP contribution in [0.2, 0.25) is 5.02 Å². The molecule has 0 saturated heterocycles. The highest BCUT2D eigenvalue weighted by molar-refractivity contribution is 6.31. The molecule has 3 aromatic carbocycles. The monoisotopic (exact) mass is 448 g/mol. The minimum atomic E-state index is -0.609. The first kappa shape index (κ1) is 23.7. The molecule has 0 fully saturated rings. The van der Waals surface area contributed by atoms with E-state index in [2.05, 4.69) is 41.7 Å². The number of hydrogen-bond donors (Lipinski definition) is 2. The lowest BCUT2D eigenvalue weighted by Crippen LogP contribution is -2.47. The fraction of sp³-hybridized carbons (Fsp3) is 0.222. The molecule has 32 heavy (non-hydrogen) atoms. The van der Waals surface area contributed by atoms with Crippen LogP contribution in [0.25, 0.3) is 17.2 Å². The fourth-order valence-corrected chi connectivity index (χ4v) is 3.73. The van der Waals surface area contributed by atoms with Crippen molar-refractivity contribution in [3.63, 3.8) is 0 Å². The van der Waals surface area contributed by atoms with Crippen molar-refractivity contribution in [3.8, 4) is 11.1 Å². The predicted octanol–water partition coefficient (Wildman–Crippen LogP) is 5.02. The van der Waals surface area contributed by atoms with Crippen molar-refractivity contribution >= 4 is 23.6 Å². The molecule has 0 radical (unpaired) electrons. The molecule has 0 spiro atoms. The standard InChI is InChI=1S/C27H29ClN2O2/c1-30(26(20-31)27(32)29-19-23-15-6-8-17-25(23)28)18-10-9-14-22-13-5-7-16-24(22)21-11-3-2-4-12-21/h2-9,11-17,26,31H,10,18-20H2,1H3,(H,29,32)/b14-9+. The van der Waals surface area contributed by atoms with Gasteiger partial charge in [0.2, 0.25) is 5.91 Å². The molecule has 1 amide bonds. The lowest BCUT2D eigenvalue weighted by Gasteiger charge is -2.25. The third-order valence-corrected chi connectivity index (χ3v) is 5.78. The number of benzene rings is 3. The number of amides is 1. The van der Waals surface area contributed by atoms with E-state index in [1.54, 1.807) is 6.07 Å². The van der Waals surface area contributed by atoms with E-state index >= 15 is 0 Å². The Morgan fingerprint density at radius 3 is 2.47 bits per heavy atom. The van der Waals surface area contributed by atoms with E-state index in [1.165, 1.54) is 11.1 Å². The first-order chi connectivity index (χ1) is 15.6. The number of aliphatic hydroxyl groups excluding tert-OH is 1. The van der Waals surface area contributed by atoms with Crippen molar-refractivity contribution in [2.45, 2.75) is 19.0 Å².